The van der Waals surface area contributed by atoms with Gasteiger partial charge in [0.2, 0.25) is 11.5 Å². The highest BCUT2D eigenvalue weighted by atomic mass is 32.2. The van der Waals surface area contributed by atoms with Crippen LogP contribution in [0.2, 0.25) is 0 Å². The average molecular weight is 727 g/mol. The number of thiophene rings is 1. The van der Waals surface area contributed by atoms with Crippen LogP contribution in [0, 0.1) is 5.92 Å². The van der Waals surface area contributed by atoms with E-state index in [0.717, 1.165) is 21.9 Å². The number of carbonyl (C=O) groups excluding carboxylic acids is 3. The lowest BCUT2D eigenvalue weighted by Gasteiger charge is -2.50. The molecule has 20 heteroatoms. The number of Topliss-reactive ketones (excluding diaryl/α,β-unsaturated/α-hetero) is 1. The number of carbonyl (C=O) groups is 4. The number of thioether (sulfide) groups is 1. The molecular formula is C29H30N10O7S3. The van der Waals surface area contributed by atoms with Crippen molar-refractivity contribution < 1.29 is 38.8 Å². The summed E-state index contributed by atoms with van der Waals surface area (Å²) in [6.07, 6.45) is 5.23. The van der Waals surface area contributed by atoms with Crippen molar-refractivity contribution in [1.82, 2.24) is 19.1 Å². The smallest absolute Gasteiger partial charge is 0.350 e. The molecule has 0 aromatic carbocycles. The molecule has 0 aliphatic carbocycles. The van der Waals surface area contributed by atoms with Gasteiger partial charge in [0.05, 0.1) is 47.5 Å². The van der Waals surface area contributed by atoms with Gasteiger partial charge in [-0.2, -0.15) is 0 Å². The third kappa shape index (κ3) is 6.61. The minimum absolute atomic E-state index is 0.0211. The summed E-state index contributed by atoms with van der Waals surface area (Å²) in [7, 11) is 0. The third-order valence-electron chi connectivity index (χ3n) is 7.83. The molecule has 6 rings (SSSR count). The highest BCUT2D eigenvalue weighted by Crippen LogP contribution is 2.45. The monoisotopic (exact) mass is 726 g/mol. The Labute approximate surface area is 289 Å². The molecule has 4 aromatic rings. The average Bonchev–Trinajstić information content (AvgIpc) is 3.83. The van der Waals surface area contributed by atoms with Crippen LogP contribution >= 0.6 is 34.4 Å². The lowest BCUT2D eigenvalue weighted by Crippen LogP contribution is -2.63. The number of β-lactam (4-membered cyclic amide) rings is 1. The standard InChI is InChI=1S/C29H30N10O7S3/c1-29(2,26(44)45)46-35-21(18-13-49-28(32)34-18)19(40)8-17-23(41)39-22(25(42)43)14(11-48-24(17)39)9-37-4-3-20-36(5-6-38(20)37)10-16-7-15(12-47-16)33-27(30)31/h3-7,12-13,17,24H,8-11H2,1-2H3,(H7-,30,31,32,33,34,42,43,44,45)/b35-21-/t17-,24-/m1/s1. The van der Waals surface area contributed by atoms with E-state index in [1.807, 2.05) is 49.9 Å². The highest BCUT2D eigenvalue weighted by molar-refractivity contribution is 8.00. The number of amides is 1. The first-order valence-corrected chi connectivity index (χ1v) is 17.4. The quantitative estimate of drug-likeness (QED) is 0.0462. The summed E-state index contributed by atoms with van der Waals surface area (Å²) in [6, 6.07) is 3.79. The third-order valence-corrected chi connectivity index (χ3v) is 10.8. The number of oxime groups is 1. The van der Waals surface area contributed by atoms with Gasteiger partial charge in [-0.3, -0.25) is 14.5 Å². The summed E-state index contributed by atoms with van der Waals surface area (Å²) < 4.78 is 5.73. The van der Waals surface area contributed by atoms with Gasteiger partial charge in [0.1, 0.15) is 18.4 Å². The lowest BCUT2D eigenvalue weighted by atomic mass is 9.89. The Kier molecular flexibility index (Phi) is 8.94. The Morgan fingerprint density at radius 1 is 1.22 bits per heavy atom. The summed E-state index contributed by atoms with van der Waals surface area (Å²) in [6.45, 7) is 3.25. The zero-order valence-corrected chi connectivity index (χ0v) is 28.5. The van der Waals surface area contributed by atoms with Crippen molar-refractivity contribution in [3.05, 3.63) is 63.3 Å². The van der Waals surface area contributed by atoms with Crippen LogP contribution in [0.5, 0.6) is 0 Å². The maximum Gasteiger partial charge on any atom is 0.350 e. The van der Waals surface area contributed by atoms with Gasteiger partial charge in [0.25, 0.3) is 0 Å². The summed E-state index contributed by atoms with van der Waals surface area (Å²) in [4.78, 5) is 66.3. The Morgan fingerprint density at radius 2 is 2.00 bits per heavy atom. The van der Waals surface area contributed by atoms with Gasteiger partial charge in [0.15, 0.2) is 28.8 Å². The number of guanidine groups is 1. The number of carboxylic acid groups (broad SMARTS) is 2. The van der Waals surface area contributed by atoms with Gasteiger partial charge in [-0.1, -0.05) is 5.16 Å². The van der Waals surface area contributed by atoms with Gasteiger partial charge in [-0.05, 0) is 25.5 Å². The second-order valence-electron chi connectivity index (χ2n) is 11.7. The molecule has 0 bridgehead atoms. The maximum atomic E-state index is 13.5. The van der Waals surface area contributed by atoms with Crippen molar-refractivity contribution in [1.29, 1.82) is 0 Å². The molecule has 2 aliphatic heterocycles. The van der Waals surface area contributed by atoms with Crippen molar-refractivity contribution in [2.75, 3.05) is 11.5 Å². The zero-order chi connectivity index (χ0) is 35.2. The second kappa shape index (κ2) is 13.0. The van der Waals surface area contributed by atoms with E-state index in [0.29, 0.717) is 17.8 Å². The van der Waals surface area contributed by atoms with E-state index in [1.54, 1.807) is 0 Å². The fourth-order valence-corrected chi connectivity index (χ4v) is 8.13. The van der Waals surface area contributed by atoms with Gasteiger partial charge in [-0.25, -0.2) is 24.0 Å². The highest BCUT2D eigenvalue weighted by Gasteiger charge is 2.53. The summed E-state index contributed by atoms with van der Waals surface area (Å²) >= 11 is 3.90. The number of hydrogen-bond acceptors (Lipinski definition) is 13. The van der Waals surface area contributed by atoms with Crippen LogP contribution in [0.1, 0.15) is 30.8 Å². The molecule has 4 aromatic heterocycles. The number of carboxylic acids is 2. The van der Waals surface area contributed by atoms with Crippen molar-refractivity contribution in [3.63, 3.8) is 0 Å². The number of aliphatic imine (C=N–C) groups is 1. The minimum atomic E-state index is -1.75. The molecule has 1 fully saturated rings. The molecule has 2 atom stereocenters. The van der Waals surface area contributed by atoms with E-state index < -0.39 is 40.5 Å². The molecule has 49 heavy (non-hydrogen) atoms. The number of aromatic nitrogens is 4. The van der Waals surface area contributed by atoms with Crippen LogP contribution in [0.15, 0.2) is 62.9 Å². The van der Waals surface area contributed by atoms with Gasteiger partial charge >= 0.3 is 11.6 Å². The summed E-state index contributed by atoms with van der Waals surface area (Å²) in [5, 5.41) is 28.5. The van der Waals surface area contributed by atoms with Crippen molar-refractivity contribution in [3.8, 4) is 0 Å². The van der Waals surface area contributed by atoms with Gasteiger partial charge < -0.3 is 37.0 Å². The van der Waals surface area contributed by atoms with E-state index in [1.165, 1.54) is 47.2 Å². The van der Waals surface area contributed by atoms with Crippen molar-refractivity contribution in [2.24, 2.45) is 27.5 Å². The number of nitrogens with zero attached hydrogens (tertiary/aromatic N) is 7. The fourth-order valence-electron chi connectivity index (χ4n) is 5.39. The molecule has 1 amide bonds. The van der Waals surface area contributed by atoms with Crippen LogP contribution in [0.25, 0.3) is 5.65 Å². The van der Waals surface area contributed by atoms with Crippen LogP contribution in [-0.2, 0) is 37.1 Å². The second-order valence-corrected chi connectivity index (χ2v) is 14.6. The minimum Gasteiger partial charge on any atom is -0.543 e. The van der Waals surface area contributed by atoms with Crippen molar-refractivity contribution in [2.45, 2.75) is 44.3 Å². The van der Waals surface area contributed by atoms with Gasteiger partial charge in [-0.15, -0.1) is 39.0 Å². The number of imidazole rings is 1. The predicted molar refractivity (Wildman–Crippen MR) is 179 cm³/mol. The molecule has 1 saturated heterocycles. The fraction of sp³-hybridized carbons (Fsp3) is 0.310. The van der Waals surface area contributed by atoms with E-state index in [-0.39, 0.29) is 46.9 Å². The normalized spacial score (nSPS) is 18.0. The number of thiazole rings is 1. The molecule has 17 nitrogen and oxygen atoms in total. The molecule has 0 spiro atoms. The van der Waals surface area contributed by atoms with Crippen LogP contribution in [0.4, 0.5) is 10.8 Å². The lowest BCUT2D eigenvalue weighted by molar-refractivity contribution is -0.661. The number of fused-ring (bicyclic) bond motifs is 2. The number of ketones is 1. The van der Waals surface area contributed by atoms with E-state index in [2.05, 4.69) is 15.1 Å². The summed E-state index contributed by atoms with van der Waals surface area (Å²) in [5.41, 5.74) is 16.5. The number of nitrogens with two attached hydrogens (primary N) is 3. The number of nitrogen functional groups attached to an aromatic ring is 1. The zero-order valence-electron chi connectivity index (χ0n) is 26.0. The molecular weight excluding hydrogens is 697 g/mol. The molecule has 0 saturated carbocycles. The number of rotatable bonds is 13. The Bertz CT molecular complexity index is 2080. The maximum absolute atomic E-state index is 13.5. The molecule has 6 heterocycles. The van der Waals surface area contributed by atoms with Crippen LogP contribution in [-0.4, -0.2) is 76.2 Å². The predicted octanol–water partition coefficient (Wildman–Crippen LogP) is -0.140. The largest absolute Gasteiger partial charge is 0.543 e. The SMILES string of the molecule is CC(C)(O/N=C(\C(=O)C[C@@H]1C(=O)N2C(C(=O)[O-])=C(Cn3ccc4n3cc[n+]4Cc3cc(N=C(N)N)cs3)CS[C@H]12)c1csc(N)n1)C(=O)O. The first-order valence-electron chi connectivity index (χ1n) is 14.6. The Morgan fingerprint density at radius 3 is 2.67 bits per heavy atom. The van der Waals surface area contributed by atoms with E-state index in [9.17, 15) is 29.4 Å². The van der Waals surface area contributed by atoms with Crippen LogP contribution in [0.3, 0.4) is 0 Å². The summed E-state index contributed by atoms with van der Waals surface area (Å²) in [5.74, 6) is -4.62. The van der Waals surface area contributed by atoms with Gasteiger partial charge in [0, 0.05) is 27.8 Å². The van der Waals surface area contributed by atoms with Crippen molar-refractivity contribution >= 4 is 86.2 Å². The van der Waals surface area contributed by atoms with Crippen LogP contribution < -0.4 is 26.9 Å². The molecule has 256 valence electrons. The van der Waals surface area contributed by atoms with E-state index in [4.69, 9.17) is 22.0 Å². The molecule has 2 aliphatic rings. The number of hydrogen-bond donors (Lipinski definition) is 4. The Balaban J connectivity index is 1.19. The number of anilines is 1. The molecule has 7 N–H and O–H groups in total. The molecule has 0 radical (unpaired) electrons. The number of aliphatic carboxylic acids is 2. The first-order chi connectivity index (χ1) is 23.2. The topological polar surface area (TPSA) is 253 Å². The Hall–Kier alpha value is -5.21. The first kappa shape index (κ1) is 33.7. The van der Waals surface area contributed by atoms with E-state index >= 15 is 0 Å². The molecule has 0 unspecified atom stereocenters.